The van der Waals surface area contributed by atoms with Gasteiger partial charge < -0.3 is 15.2 Å². The van der Waals surface area contributed by atoms with Crippen molar-refractivity contribution in [3.63, 3.8) is 0 Å². The predicted molar refractivity (Wildman–Crippen MR) is 117 cm³/mol. The molecule has 9 heteroatoms. The Morgan fingerprint density at radius 1 is 0.875 bits per heavy atom. The number of ether oxygens (including phenoxy) is 2. The molecule has 0 aliphatic rings. The summed E-state index contributed by atoms with van der Waals surface area (Å²) in [6.07, 6.45) is 0.578. The third-order valence-corrected chi connectivity index (χ3v) is 4.75. The molecular weight excluding hydrogens is 410 g/mol. The van der Waals surface area contributed by atoms with Gasteiger partial charge in [0.1, 0.15) is 17.9 Å². The normalized spacial score (nSPS) is 10.8. The first kappa shape index (κ1) is 21.0. The Labute approximate surface area is 183 Å². The topological polar surface area (TPSA) is 122 Å². The van der Waals surface area contributed by atoms with Crippen LogP contribution >= 0.6 is 0 Å². The summed E-state index contributed by atoms with van der Waals surface area (Å²) in [6.45, 7) is 1.55. The first-order chi connectivity index (χ1) is 15.6. The molecule has 0 unspecified atom stereocenters. The van der Waals surface area contributed by atoms with E-state index < -0.39 is 11.9 Å². The Bertz CT molecular complexity index is 1260. The van der Waals surface area contributed by atoms with Gasteiger partial charge >= 0.3 is 11.9 Å². The number of imidazole rings is 1. The molecule has 0 atom stereocenters. The van der Waals surface area contributed by atoms with Crippen molar-refractivity contribution in [3.05, 3.63) is 83.4 Å². The van der Waals surface area contributed by atoms with E-state index in [0.717, 1.165) is 0 Å². The van der Waals surface area contributed by atoms with Gasteiger partial charge in [-0.05, 0) is 24.3 Å². The summed E-state index contributed by atoms with van der Waals surface area (Å²) >= 11 is 0. The maximum Gasteiger partial charge on any atom is 0.339 e. The van der Waals surface area contributed by atoms with Gasteiger partial charge in [-0.1, -0.05) is 43.3 Å². The van der Waals surface area contributed by atoms with Crippen LogP contribution in [0.15, 0.2) is 60.7 Å². The second-order valence-electron chi connectivity index (χ2n) is 6.88. The zero-order valence-electron chi connectivity index (χ0n) is 17.4. The number of aromatic nitrogens is 4. The predicted octanol–water partition coefficient (Wildman–Crippen LogP) is 3.14. The molecule has 9 nitrogen and oxygen atoms in total. The fraction of sp³-hybridized carbons (Fsp3) is 0.174. The minimum absolute atomic E-state index is 0.159. The number of aryl methyl sites for hydroxylation is 1. The van der Waals surface area contributed by atoms with Crippen LogP contribution in [0.25, 0.3) is 11.2 Å². The molecule has 32 heavy (non-hydrogen) atoms. The lowest BCUT2D eigenvalue weighted by Gasteiger charge is -2.11. The highest BCUT2D eigenvalue weighted by atomic mass is 16.5. The molecule has 2 heterocycles. The lowest BCUT2D eigenvalue weighted by Crippen LogP contribution is -2.15. The molecule has 4 rings (SSSR count). The van der Waals surface area contributed by atoms with Crippen molar-refractivity contribution >= 4 is 28.9 Å². The molecule has 0 saturated carbocycles. The highest BCUT2D eigenvalue weighted by Gasteiger charge is 2.19. The molecule has 2 aromatic heterocycles. The molecule has 0 radical (unpaired) electrons. The van der Waals surface area contributed by atoms with E-state index >= 15 is 0 Å². The van der Waals surface area contributed by atoms with Crippen LogP contribution in [-0.4, -0.2) is 31.5 Å². The van der Waals surface area contributed by atoms with Crippen LogP contribution < -0.4 is 5.73 Å². The summed E-state index contributed by atoms with van der Waals surface area (Å²) in [5.74, 6) is 0.0621. The number of nitrogens with two attached hydrogens (primary N) is 1. The van der Waals surface area contributed by atoms with Crippen molar-refractivity contribution in [2.45, 2.75) is 26.7 Å². The molecule has 0 bridgehead atoms. The number of hydrogen-bond acceptors (Lipinski definition) is 8. The van der Waals surface area contributed by atoms with Crippen molar-refractivity contribution in [1.29, 1.82) is 0 Å². The van der Waals surface area contributed by atoms with Crippen molar-refractivity contribution in [1.82, 2.24) is 19.5 Å². The van der Waals surface area contributed by atoms with Crippen molar-refractivity contribution in [2.75, 3.05) is 5.73 Å². The van der Waals surface area contributed by atoms with Gasteiger partial charge in [0.25, 0.3) is 0 Å². The smallest absolute Gasteiger partial charge is 0.339 e. The molecular formula is C23H21N5O4. The monoisotopic (exact) mass is 431 g/mol. The van der Waals surface area contributed by atoms with E-state index in [1.165, 1.54) is 0 Å². The number of nitrogen functional groups attached to an aromatic ring is 1. The van der Waals surface area contributed by atoms with E-state index in [1.807, 2.05) is 19.1 Å². The van der Waals surface area contributed by atoms with E-state index in [4.69, 9.17) is 15.2 Å². The summed E-state index contributed by atoms with van der Waals surface area (Å²) in [4.78, 5) is 37.9. The number of hydrogen-bond donors (Lipinski definition) is 1. The summed E-state index contributed by atoms with van der Waals surface area (Å²) < 4.78 is 12.4. The van der Waals surface area contributed by atoms with Crippen LogP contribution in [0, 0.1) is 0 Å². The van der Waals surface area contributed by atoms with E-state index in [2.05, 4.69) is 15.0 Å². The van der Waals surface area contributed by atoms with Gasteiger partial charge in [0.05, 0.1) is 11.1 Å². The molecule has 2 aromatic carbocycles. The first-order valence-corrected chi connectivity index (χ1v) is 10.0. The van der Waals surface area contributed by atoms with Gasteiger partial charge in [-0.3, -0.25) is 4.57 Å². The number of esters is 2. The number of anilines is 1. The summed E-state index contributed by atoms with van der Waals surface area (Å²) in [7, 11) is 0. The second-order valence-corrected chi connectivity index (χ2v) is 6.88. The molecule has 0 aliphatic heterocycles. The largest absolute Gasteiger partial charge is 0.454 e. The van der Waals surface area contributed by atoms with Gasteiger partial charge in [0.15, 0.2) is 24.0 Å². The Morgan fingerprint density at radius 3 is 2.06 bits per heavy atom. The standard InChI is InChI=1S/C23H21N5O4/c1-2-17-25-20(24)19-21(26-17)27-18(13-31-22(29)15-9-5-3-6-10-15)28(19)14-32-23(30)16-11-7-4-8-12-16/h3-12H,2,13-14H2,1H3,(H2,24,25,26). The summed E-state index contributed by atoms with van der Waals surface area (Å²) in [6, 6.07) is 17.2. The number of rotatable bonds is 7. The Hall–Kier alpha value is -4.27. The molecule has 162 valence electrons. The number of benzene rings is 2. The number of carbonyl (C=O) groups is 2. The van der Waals surface area contributed by atoms with Crippen molar-refractivity contribution in [3.8, 4) is 0 Å². The van der Waals surface area contributed by atoms with Gasteiger partial charge in [-0.25, -0.2) is 24.5 Å². The second kappa shape index (κ2) is 9.25. The Kier molecular flexibility index (Phi) is 6.07. The quantitative estimate of drug-likeness (QED) is 0.443. The SMILES string of the molecule is CCc1nc(N)c2c(n1)nc(COC(=O)c1ccccc1)n2COC(=O)c1ccccc1. The highest BCUT2D eigenvalue weighted by molar-refractivity contribution is 5.90. The zero-order valence-corrected chi connectivity index (χ0v) is 17.4. The van der Waals surface area contributed by atoms with Crippen LogP contribution in [0.1, 0.15) is 39.3 Å². The van der Waals surface area contributed by atoms with Gasteiger partial charge in [0, 0.05) is 6.42 Å². The minimum atomic E-state index is -0.510. The van der Waals surface area contributed by atoms with Crippen molar-refractivity contribution in [2.24, 2.45) is 0 Å². The average molecular weight is 431 g/mol. The molecule has 0 aliphatic carbocycles. The number of nitrogens with zero attached hydrogens (tertiary/aromatic N) is 4. The van der Waals surface area contributed by atoms with E-state index in [1.54, 1.807) is 53.1 Å². The first-order valence-electron chi connectivity index (χ1n) is 10.0. The zero-order chi connectivity index (χ0) is 22.5. The fourth-order valence-corrected chi connectivity index (χ4v) is 3.13. The molecule has 2 N–H and O–H groups in total. The molecule has 0 amide bonds. The summed E-state index contributed by atoms with van der Waals surface area (Å²) in [5.41, 5.74) is 7.73. The van der Waals surface area contributed by atoms with E-state index in [0.29, 0.717) is 40.4 Å². The lowest BCUT2D eigenvalue weighted by atomic mass is 10.2. The van der Waals surface area contributed by atoms with Crippen molar-refractivity contribution < 1.29 is 19.1 Å². The van der Waals surface area contributed by atoms with Crippen LogP contribution in [0.2, 0.25) is 0 Å². The average Bonchev–Trinajstić information content (AvgIpc) is 3.19. The maximum absolute atomic E-state index is 12.4. The highest BCUT2D eigenvalue weighted by Crippen LogP contribution is 2.21. The fourth-order valence-electron chi connectivity index (χ4n) is 3.13. The lowest BCUT2D eigenvalue weighted by molar-refractivity contribution is 0.0335. The number of fused-ring (bicyclic) bond motifs is 1. The molecule has 0 fully saturated rings. The van der Waals surface area contributed by atoms with Gasteiger partial charge in [-0.15, -0.1) is 0 Å². The van der Waals surface area contributed by atoms with Crippen LogP contribution in [0.4, 0.5) is 5.82 Å². The van der Waals surface area contributed by atoms with Gasteiger partial charge in [0.2, 0.25) is 0 Å². The van der Waals surface area contributed by atoms with Crippen LogP contribution in [0.3, 0.4) is 0 Å². The maximum atomic E-state index is 12.4. The van der Waals surface area contributed by atoms with Crippen LogP contribution in [0.5, 0.6) is 0 Å². The van der Waals surface area contributed by atoms with Crippen LogP contribution in [-0.2, 0) is 29.2 Å². The molecule has 0 spiro atoms. The van der Waals surface area contributed by atoms with Gasteiger partial charge in [-0.2, -0.15) is 0 Å². The molecule has 4 aromatic rings. The Morgan fingerprint density at radius 2 is 1.47 bits per heavy atom. The number of carbonyl (C=O) groups excluding carboxylic acids is 2. The summed E-state index contributed by atoms with van der Waals surface area (Å²) in [5, 5.41) is 0. The molecule has 0 saturated heterocycles. The third-order valence-electron chi connectivity index (χ3n) is 4.75. The minimum Gasteiger partial charge on any atom is -0.454 e. The van der Waals surface area contributed by atoms with E-state index in [-0.39, 0.29) is 19.2 Å². The Balaban J connectivity index is 1.62. The van der Waals surface area contributed by atoms with E-state index in [9.17, 15) is 9.59 Å². The third kappa shape index (κ3) is 4.41.